The van der Waals surface area contributed by atoms with Gasteiger partial charge in [0.1, 0.15) is 5.56 Å². The number of fused-ring (bicyclic) bond motifs is 3. The molecule has 1 spiro atoms. The molecule has 1 amide bonds. The van der Waals surface area contributed by atoms with E-state index < -0.39 is 6.10 Å². The van der Waals surface area contributed by atoms with Crippen LogP contribution < -0.4 is 5.56 Å². The van der Waals surface area contributed by atoms with Gasteiger partial charge in [0.05, 0.1) is 6.10 Å². The first-order valence-electron chi connectivity index (χ1n) is 9.11. The first-order chi connectivity index (χ1) is 13.1. The molecule has 5 rings (SSSR count). The summed E-state index contributed by atoms with van der Waals surface area (Å²) in [6, 6.07) is 8.19. The van der Waals surface area contributed by atoms with Gasteiger partial charge in [-0.1, -0.05) is 24.3 Å². The van der Waals surface area contributed by atoms with Crippen molar-refractivity contribution in [1.29, 1.82) is 0 Å². The lowest BCUT2D eigenvalue weighted by Crippen LogP contribution is -2.49. The van der Waals surface area contributed by atoms with Crippen molar-refractivity contribution >= 4 is 22.2 Å². The second-order valence-electron chi connectivity index (χ2n) is 7.36. The Morgan fingerprint density at radius 2 is 2.04 bits per heavy atom. The van der Waals surface area contributed by atoms with Crippen molar-refractivity contribution in [2.24, 2.45) is 0 Å². The van der Waals surface area contributed by atoms with Crippen LogP contribution in [0.4, 0.5) is 0 Å². The molecule has 3 heterocycles. The summed E-state index contributed by atoms with van der Waals surface area (Å²) >= 11 is 1.36. The van der Waals surface area contributed by atoms with Crippen LogP contribution in [-0.4, -0.2) is 44.5 Å². The van der Waals surface area contributed by atoms with Gasteiger partial charge in [-0.25, -0.2) is 4.98 Å². The Morgan fingerprint density at radius 3 is 2.85 bits per heavy atom. The fourth-order valence-corrected chi connectivity index (χ4v) is 5.30. The molecule has 2 aromatic heterocycles. The number of hydrogen-bond acceptors (Lipinski definition) is 5. The lowest BCUT2D eigenvalue weighted by molar-refractivity contribution is 0.0364. The van der Waals surface area contributed by atoms with Crippen LogP contribution in [0.2, 0.25) is 0 Å². The molecule has 1 aliphatic heterocycles. The Hall–Kier alpha value is -2.51. The topological polar surface area (TPSA) is 74.9 Å². The number of aliphatic hydroxyl groups is 1. The zero-order chi connectivity index (χ0) is 18.6. The Labute approximate surface area is 159 Å². The highest BCUT2D eigenvalue weighted by molar-refractivity contribution is 7.15. The van der Waals surface area contributed by atoms with Crippen molar-refractivity contribution in [3.05, 3.63) is 69.1 Å². The normalized spacial score (nSPS) is 20.9. The number of benzene rings is 1. The second kappa shape index (κ2) is 6.00. The number of nitrogens with zero attached hydrogens (tertiary/aromatic N) is 3. The molecular weight excluding hydrogens is 362 g/mol. The summed E-state index contributed by atoms with van der Waals surface area (Å²) in [5.41, 5.74) is 1.92. The fourth-order valence-electron chi connectivity index (χ4n) is 4.62. The van der Waals surface area contributed by atoms with Crippen LogP contribution >= 0.6 is 11.3 Å². The summed E-state index contributed by atoms with van der Waals surface area (Å²) < 4.78 is 1.42. The van der Waals surface area contributed by atoms with Gasteiger partial charge in [0, 0.05) is 36.3 Å². The SMILES string of the molecule is O=C(c1cnc2sccn2c1=O)N1CCC2(CC1)c1ccccc1C[C@H]2O. The highest BCUT2D eigenvalue weighted by atomic mass is 32.1. The van der Waals surface area contributed by atoms with E-state index >= 15 is 0 Å². The number of thiazole rings is 1. The molecule has 1 aromatic carbocycles. The van der Waals surface area contributed by atoms with Gasteiger partial charge in [-0.2, -0.15) is 0 Å². The number of aromatic nitrogens is 2. The smallest absolute Gasteiger partial charge is 0.271 e. The summed E-state index contributed by atoms with van der Waals surface area (Å²) in [6.07, 6.45) is 4.69. The van der Waals surface area contributed by atoms with Gasteiger partial charge in [0.2, 0.25) is 0 Å². The molecule has 138 valence electrons. The molecule has 1 fully saturated rings. The molecule has 3 aromatic rings. The summed E-state index contributed by atoms with van der Waals surface area (Å²) in [7, 11) is 0. The Morgan fingerprint density at radius 1 is 1.26 bits per heavy atom. The first kappa shape index (κ1) is 16.6. The Balaban J connectivity index is 1.41. The molecule has 1 aliphatic carbocycles. The predicted octanol–water partition coefficient (Wildman–Crippen LogP) is 1.85. The van der Waals surface area contributed by atoms with E-state index in [0.717, 1.165) is 0 Å². The molecule has 0 bridgehead atoms. The van der Waals surface area contributed by atoms with E-state index in [1.807, 2.05) is 12.1 Å². The van der Waals surface area contributed by atoms with Gasteiger partial charge in [-0.05, 0) is 30.4 Å². The number of piperidine rings is 1. The van der Waals surface area contributed by atoms with Crippen LogP contribution in [0.5, 0.6) is 0 Å². The van der Waals surface area contributed by atoms with E-state index in [9.17, 15) is 14.7 Å². The van der Waals surface area contributed by atoms with Crippen molar-refractivity contribution in [3.8, 4) is 0 Å². The van der Waals surface area contributed by atoms with Gasteiger partial charge in [-0.3, -0.25) is 14.0 Å². The van der Waals surface area contributed by atoms with E-state index in [0.29, 0.717) is 37.3 Å². The van der Waals surface area contributed by atoms with Gasteiger partial charge in [-0.15, -0.1) is 11.3 Å². The lowest BCUT2D eigenvalue weighted by atomic mass is 9.72. The molecule has 6 nitrogen and oxygen atoms in total. The van der Waals surface area contributed by atoms with Gasteiger partial charge in [0.25, 0.3) is 11.5 Å². The van der Waals surface area contributed by atoms with Crippen LogP contribution in [0.15, 0.2) is 46.8 Å². The maximum atomic E-state index is 12.9. The number of rotatable bonds is 1. The maximum absolute atomic E-state index is 12.9. The third-order valence-corrected chi connectivity index (χ3v) is 6.89. The summed E-state index contributed by atoms with van der Waals surface area (Å²) in [4.78, 5) is 32.0. The summed E-state index contributed by atoms with van der Waals surface area (Å²) in [5.74, 6) is -0.274. The van der Waals surface area contributed by atoms with Crippen LogP contribution in [0.25, 0.3) is 4.96 Å². The molecule has 0 saturated carbocycles. The minimum Gasteiger partial charge on any atom is -0.392 e. The van der Waals surface area contributed by atoms with Crippen molar-refractivity contribution in [3.63, 3.8) is 0 Å². The van der Waals surface area contributed by atoms with E-state index in [2.05, 4.69) is 17.1 Å². The monoisotopic (exact) mass is 381 g/mol. The molecule has 0 unspecified atom stereocenters. The Bertz CT molecular complexity index is 1100. The predicted molar refractivity (Wildman–Crippen MR) is 102 cm³/mol. The van der Waals surface area contributed by atoms with Gasteiger partial charge < -0.3 is 10.0 Å². The molecule has 0 radical (unpaired) electrons. The van der Waals surface area contributed by atoms with Crippen LogP contribution in [0.1, 0.15) is 34.3 Å². The third-order valence-electron chi connectivity index (χ3n) is 6.12. The number of aliphatic hydroxyl groups excluding tert-OH is 1. The van der Waals surface area contributed by atoms with Crippen molar-refractivity contribution < 1.29 is 9.90 Å². The number of amides is 1. The molecular formula is C20H19N3O3S. The number of carbonyl (C=O) groups is 1. The number of carbonyl (C=O) groups excluding carboxylic acids is 1. The van der Waals surface area contributed by atoms with Gasteiger partial charge in [0.15, 0.2) is 4.96 Å². The number of likely N-dealkylation sites (tertiary alicyclic amines) is 1. The van der Waals surface area contributed by atoms with E-state index in [-0.39, 0.29) is 22.4 Å². The first-order valence-corrected chi connectivity index (χ1v) is 9.99. The molecule has 7 heteroatoms. The van der Waals surface area contributed by atoms with Crippen LogP contribution in [0.3, 0.4) is 0 Å². The van der Waals surface area contributed by atoms with Crippen molar-refractivity contribution in [2.75, 3.05) is 13.1 Å². The van der Waals surface area contributed by atoms with E-state index in [1.54, 1.807) is 16.5 Å². The summed E-state index contributed by atoms with van der Waals surface area (Å²) in [6.45, 7) is 1.05. The van der Waals surface area contributed by atoms with E-state index in [4.69, 9.17) is 0 Å². The largest absolute Gasteiger partial charge is 0.392 e. The maximum Gasteiger partial charge on any atom is 0.271 e. The molecule has 2 aliphatic rings. The second-order valence-corrected chi connectivity index (χ2v) is 8.23. The Kier molecular flexibility index (Phi) is 3.70. The molecule has 1 atom stereocenters. The highest BCUT2D eigenvalue weighted by Gasteiger charge is 2.48. The fraction of sp³-hybridized carbons (Fsp3) is 0.350. The zero-order valence-electron chi connectivity index (χ0n) is 14.7. The minimum atomic E-state index is -0.415. The average molecular weight is 381 g/mol. The quantitative estimate of drug-likeness (QED) is 0.698. The standard InChI is InChI=1S/C20H19N3O3S/c24-16-11-13-3-1-2-4-15(13)20(16)5-7-22(8-6-20)17(25)14-12-21-19-23(18(14)26)9-10-27-19/h1-4,9-10,12,16,24H,5-8,11H2/t16-/m1/s1. The van der Waals surface area contributed by atoms with E-state index in [1.165, 1.54) is 33.1 Å². The molecule has 1 N–H and O–H groups in total. The van der Waals surface area contributed by atoms with Crippen molar-refractivity contribution in [1.82, 2.24) is 14.3 Å². The summed E-state index contributed by atoms with van der Waals surface area (Å²) in [5, 5.41) is 12.5. The average Bonchev–Trinajstić information content (AvgIpc) is 3.27. The highest BCUT2D eigenvalue weighted by Crippen LogP contribution is 2.46. The number of hydrogen-bond donors (Lipinski definition) is 1. The lowest BCUT2D eigenvalue weighted by Gasteiger charge is -2.42. The zero-order valence-corrected chi connectivity index (χ0v) is 15.5. The molecule has 27 heavy (non-hydrogen) atoms. The van der Waals surface area contributed by atoms with Crippen LogP contribution in [-0.2, 0) is 11.8 Å². The minimum absolute atomic E-state index is 0.106. The third kappa shape index (κ3) is 2.38. The molecule has 1 saturated heterocycles. The van der Waals surface area contributed by atoms with Crippen molar-refractivity contribution in [2.45, 2.75) is 30.8 Å². The van der Waals surface area contributed by atoms with Crippen LogP contribution in [0, 0.1) is 0 Å². The van der Waals surface area contributed by atoms with Gasteiger partial charge >= 0.3 is 0 Å².